The molecule has 1 unspecified atom stereocenters. The van der Waals surface area contributed by atoms with Crippen LogP contribution in [0.2, 0.25) is 0 Å². The van der Waals surface area contributed by atoms with Gasteiger partial charge in [0.1, 0.15) is 0 Å². The third-order valence-corrected chi connectivity index (χ3v) is 7.38. The Balaban J connectivity index is 1.45. The average molecular weight is 346 g/mol. The fourth-order valence-electron chi connectivity index (χ4n) is 3.82. The van der Waals surface area contributed by atoms with Gasteiger partial charge in [-0.05, 0) is 32.1 Å². The van der Waals surface area contributed by atoms with Gasteiger partial charge < -0.3 is 9.64 Å². The van der Waals surface area contributed by atoms with E-state index >= 15 is 0 Å². The zero-order valence-corrected chi connectivity index (χ0v) is 15.0. The van der Waals surface area contributed by atoms with Gasteiger partial charge >= 0.3 is 0 Å². The largest absolute Gasteiger partial charge is 0.378 e. The number of rotatable bonds is 5. The summed E-state index contributed by atoms with van der Waals surface area (Å²) in [5.74, 6) is 0. The highest BCUT2D eigenvalue weighted by atomic mass is 32.2. The van der Waals surface area contributed by atoms with Crippen molar-refractivity contribution in [3.63, 3.8) is 0 Å². The highest BCUT2D eigenvalue weighted by Gasteiger charge is 2.32. The summed E-state index contributed by atoms with van der Waals surface area (Å²) < 4.78 is 34.6. The molecule has 134 valence electrons. The molecule has 0 aliphatic carbocycles. The maximum absolute atomic E-state index is 12.8. The molecule has 0 saturated carbocycles. The zero-order valence-electron chi connectivity index (χ0n) is 14.2. The predicted octanol–water partition coefficient (Wildman–Crippen LogP) is 1.29. The summed E-state index contributed by atoms with van der Waals surface area (Å²) in [7, 11) is -3.25. The standard InChI is InChI=1S/C16H31N3O3S/c20-23(21,18-8-3-1-2-4-9-18)19-13-11-17(12-14-19)10-7-16-6-5-15-22-16/h16H,1-15H2. The van der Waals surface area contributed by atoms with Crippen LogP contribution in [-0.2, 0) is 14.9 Å². The number of hydrogen-bond donors (Lipinski definition) is 0. The summed E-state index contributed by atoms with van der Waals surface area (Å²) in [6.45, 7) is 6.28. The maximum atomic E-state index is 12.8. The molecule has 3 aliphatic rings. The molecular weight excluding hydrogens is 314 g/mol. The molecule has 3 fully saturated rings. The van der Waals surface area contributed by atoms with Crippen LogP contribution in [0.4, 0.5) is 0 Å². The van der Waals surface area contributed by atoms with E-state index in [0.717, 1.165) is 58.3 Å². The van der Waals surface area contributed by atoms with Gasteiger partial charge in [-0.15, -0.1) is 0 Å². The summed E-state index contributed by atoms with van der Waals surface area (Å²) in [6, 6.07) is 0. The Morgan fingerprint density at radius 2 is 1.48 bits per heavy atom. The van der Waals surface area contributed by atoms with Crippen molar-refractivity contribution in [3.05, 3.63) is 0 Å². The third-order valence-electron chi connectivity index (χ3n) is 5.34. The van der Waals surface area contributed by atoms with Crippen LogP contribution in [0, 0.1) is 0 Å². The molecule has 1 atom stereocenters. The Morgan fingerprint density at radius 3 is 2.09 bits per heavy atom. The van der Waals surface area contributed by atoms with Crippen molar-refractivity contribution in [3.8, 4) is 0 Å². The lowest BCUT2D eigenvalue weighted by Gasteiger charge is -2.36. The van der Waals surface area contributed by atoms with E-state index in [-0.39, 0.29) is 0 Å². The van der Waals surface area contributed by atoms with Crippen molar-refractivity contribution in [1.82, 2.24) is 13.5 Å². The van der Waals surface area contributed by atoms with Crippen molar-refractivity contribution >= 4 is 10.2 Å². The second-order valence-corrected chi connectivity index (χ2v) is 8.91. The Morgan fingerprint density at radius 1 is 0.826 bits per heavy atom. The minimum Gasteiger partial charge on any atom is -0.378 e. The van der Waals surface area contributed by atoms with Crippen molar-refractivity contribution in [2.24, 2.45) is 0 Å². The maximum Gasteiger partial charge on any atom is 0.282 e. The van der Waals surface area contributed by atoms with E-state index in [1.54, 1.807) is 8.61 Å². The van der Waals surface area contributed by atoms with Crippen LogP contribution in [0.3, 0.4) is 0 Å². The first-order valence-corrected chi connectivity index (χ1v) is 10.6. The van der Waals surface area contributed by atoms with Gasteiger partial charge in [0.25, 0.3) is 10.2 Å². The summed E-state index contributed by atoms with van der Waals surface area (Å²) >= 11 is 0. The van der Waals surface area contributed by atoms with E-state index in [9.17, 15) is 8.42 Å². The van der Waals surface area contributed by atoms with Crippen LogP contribution in [0.15, 0.2) is 0 Å². The van der Waals surface area contributed by atoms with Crippen LogP contribution in [-0.4, -0.2) is 80.5 Å². The zero-order chi connectivity index (χ0) is 16.1. The number of ether oxygens (including phenoxy) is 1. The summed E-state index contributed by atoms with van der Waals surface area (Å²) in [6.07, 6.45) is 8.19. The van der Waals surface area contributed by atoms with Gasteiger partial charge in [0.2, 0.25) is 0 Å². The minimum absolute atomic E-state index is 0.425. The van der Waals surface area contributed by atoms with E-state index in [2.05, 4.69) is 4.90 Å². The Labute approximate surface area is 140 Å². The average Bonchev–Trinajstić information content (AvgIpc) is 2.92. The van der Waals surface area contributed by atoms with Gasteiger partial charge in [0, 0.05) is 52.4 Å². The Hall–Kier alpha value is -0.210. The summed E-state index contributed by atoms with van der Waals surface area (Å²) in [5.41, 5.74) is 0. The highest BCUT2D eigenvalue weighted by Crippen LogP contribution is 2.19. The molecule has 0 aromatic heterocycles. The molecule has 3 aliphatic heterocycles. The van der Waals surface area contributed by atoms with Crippen molar-refractivity contribution < 1.29 is 13.2 Å². The topological polar surface area (TPSA) is 53.1 Å². The smallest absolute Gasteiger partial charge is 0.282 e. The van der Waals surface area contributed by atoms with Crippen LogP contribution < -0.4 is 0 Å². The number of piperazine rings is 1. The highest BCUT2D eigenvalue weighted by molar-refractivity contribution is 7.86. The quantitative estimate of drug-likeness (QED) is 0.753. The second-order valence-electron chi connectivity index (χ2n) is 6.99. The summed E-state index contributed by atoms with van der Waals surface area (Å²) in [5, 5.41) is 0. The molecule has 7 heteroatoms. The first-order chi connectivity index (χ1) is 11.2. The number of hydrogen-bond acceptors (Lipinski definition) is 4. The van der Waals surface area contributed by atoms with E-state index in [1.165, 1.54) is 12.8 Å². The van der Waals surface area contributed by atoms with E-state index in [0.29, 0.717) is 32.3 Å². The SMILES string of the molecule is O=S(=O)(N1CCCCCC1)N1CCN(CCC2CCCO2)CC1. The summed E-state index contributed by atoms with van der Waals surface area (Å²) in [4.78, 5) is 2.39. The Kier molecular flexibility index (Phi) is 6.31. The van der Waals surface area contributed by atoms with E-state index in [1.807, 2.05) is 0 Å². The van der Waals surface area contributed by atoms with Crippen molar-refractivity contribution in [2.75, 3.05) is 52.4 Å². The van der Waals surface area contributed by atoms with Crippen LogP contribution >= 0.6 is 0 Å². The van der Waals surface area contributed by atoms with Crippen LogP contribution in [0.5, 0.6) is 0 Å². The van der Waals surface area contributed by atoms with Gasteiger partial charge in [-0.25, -0.2) is 0 Å². The monoisotopic (exact) mass is 345 g/mol. The molecule has 3 heterocycles. The lowest BCUT2D eigenvalue weighted by atomic mass is 10.1. The van der Waals surface area contributed by atoms with Crippen molar-refractivity contribution in [2.45, 2.75) is 51.0 Å². The van der Waals surface area contributed by atoms with Crippen molar-refractivity contribution in [1.29, 1.82) is 0 Å². The molecule has 3 saturated heterocycles. The van der Waals surface area contributed by atoms with Gasteiger partial charge in [-0.1, -0.05) is 12.8 Å². The molecule has 0 aromatic rings. The first kappa shape index (κ1) is 17.6. The third kappa shape index (κ3) is 4.66. The molecule has 0 spiro atoms. The lowest BCUT2D eigenvalue weighted by molar-refractivity contribution is 0.0855. The lowest BCUT2D eigenvalue weighted by Crippen LogP contribution is -2.53. The molecule has 0 bridgehead atoms. The normalized spacial score (nSPS) is 29.7. The van der Waals surface area contributed by atoms with Gasteiger partial charge in [0.05, 0.1) is 6.10 Å². The van der Waals surface area contributed by atoms with E-state index in [4.69, 9.17) is 4.74 Å². The fourth-order valence-corrected chi connectivity index (χ4v) is 5.49. The number of nitrogens with zero attached hydrogens (tertiary/aromatic N) is 3. The molecule has 0 aromatic carbocycles. The van der Waals surface area contributed by atoms with Gasteiger partial charge in [-0.2, -0.15) is 17.0 Å². The molecule has 0 amide bonds. The first-order valence-electron chi connectivity index (χ1n) is 9.25. The second kappa shape index (κ2) is 8.25. The van der Waals surface area contributed by atoms with E-state index < -0.39 is 10.2 Å². The molecule has 23 heavy (non-hydrogen) atoms. The predicted molar refractivity (Wildman–Crippen MR) is 90.6 cm³/mol. The van der Waals surface area contributed by atoms with Crippen LogP contribution in [0.25, 0.3) is 0 Å². The molecule has 3 rings (SSSR count). The fraction of sp³-hybridized carbons (Fsp3) is 1.00. The molecule has 0 N–H and O–H groups in total. The molecular formula is C16H31N3O3S. The molecule has 6 nitrogen and oxygen atoms in total. The minimum atomic E-state index is -3.25. The van der Waals surface area contributed by atoms with Gasteiger partial charge in [-0.3, -0.25) is 0 Å². The molecule has 0 radical (unpaired) electrons. The Bertz CT molecular complexity index is 449. The van der Waals surface area contributed by atoms with Crippen LogP contribution in [0.1, 0.15) is 44.9 Å². The van der Waals surface area contributed by atoms with Gasteiger partial charge in [0.15, 0.2) is 0 Å².